The van der Waals surface area contributed by atoms with E-state index >= 15 is 0 Å². The van der Waals surface area contributed by atoms with Crippen molar-refractivity contribution in [3.05, 3.63) is 11.8 Å². The zero-order chi connectivity index (χ0) is 13.0. The predicted molar refractivity (Wildman–Crippen MR) is 65.5 cm³/mol. The van der Waals surface area contributed by atoms with Crippen molar-refractivity contribution in [2.24, 2.45) is 11.7 Å². The summed E-state index contributed by atoms with van der Waals surface area (Å²) in [5, 5.41) is 15.8. The number of aliphatic hydroxyl groups excluding tert-OH is 1. The van der Waals surface area contributed by atoms with Crippen molar-refractivity contribution in [3.63, 3.8) is 0 Å². The molecule has 0 saturated carbocycles. The quantitative estimate of drug-likeness (QED) is 0.680. The second kappa shape index (κ2) is 5.79. The molecule has 0 aliphatic rings. The summed E-state index contributed by atoms with van der Waals surface area (Å²) in [7, 11) is 0. The lowest BCUT2D eigenvalue weighted by Crippen LogP contribution is -2.40. The number of nitrogens with two attached hydrogens (primary N) is 1. The van der Waals surface area contributed by atoms with Crippen LogP contribution in [0.3, 0.4) is 0 Å². The molecule has 0 aliphatic carbocycles. The summed E-state index contributed by atoms with van der Waals surface area (Å²) in [6, 6.07) is 1.20. The first-order chi connectivity index (χ1) is 7.95. The molecular formula is C11H20N4O2. The van der Waals surface area contributed by atoms with Gasteiger partial charge in [0, 0.05) is 6.07 Å². The fraction of sp³-hybridized carbons (Fsp3) is 0.636. The maximum Gasteiger partial charge on any atom is 0.242 e. The van der Waals surface area contributed by atoms with Crippen LogP contribution in [0.25, 0.3) is 0 Å². The Morgan fingerprint density at radius 3 is 2.82 bits per heavy atom. The highest BCUT2D eigenvalue weighted by atomic mass is 16.3. The van der Waals surface area contributed by atoms with Gasteiger partial charge >= 0.3 is 0 Å². The van der Waals surface area contributed by atoms with Crippen LogP contribution in [-0.2, 0) is 11.3 Å². The lowest BCUT2D eigenvalue weighted by molar-refractivity contribution is -0.118. The van der Waals surface area contributed by atoms with Crippen molar-refractivity contribution in [1.29, 1.82) is 0 Å². The fourth-order valence-corrected chi connectivity index (χ4v) is 1.42. The van der Waals surface area contributed by atoms with Gasteiger partial charge < -0.3 is 16.2 Å². The molecule has 0 bridgehead atoms. The smallest absolute Gasteiger partial charge is 0.242 e. The Hall–Kier alpha value is -1.40. The Kier molecular flexibility index (Phi) is 4.65. The molecule has 0 aromatic carbocycles. The zero-order valence-electron chi connectivity index (χ0n) is 10.5. The number of hydrogen-bond acceptors (Lipinski definition) is 4. The fourth-order valence-electron chi connectivity index (χ4n) is 1.42. The number of carbonyl (C=O) groups is 1. The van der Waals surface area contributed by atoms with Gasteiger partial charge in [-0.05, 0) is 12.8 Å². The molecule has 1 aromatic heterocycles. The molecule has 96 valence electrons. The SMILES string of the molecule is Cc1cc(NC(=O)C(N)C(C)C)n(CCO)n1. The highest BCUT2D eigenvalue weighted by Gasteiger charge is 2.18. The van der Waals surface area contributed by atoms with Gasteiger partial charge in [0.2, 0.25) is 5.91 Å². The zero-order valence-corrected chi connectivity index (χ0v) is 10.5. The van der Waals surface area contributed by atoms with Crippen LogP contribution in [-0.4, -0.2) is 33.4 Å². The molecule has 4 N–H and O–H groups in total. The normalized spacial score (nSPS) is 12.8. The van der Waals surface area contributed by atoms with Crippen molar-refractivity contribution in [3.8, 4) is 0 Å². The van der Waals surface area contributed by atoms with E-state index in [1.807, 2.05) is 20.8 Å². The third-order valence-electron chi connectivity index (χ3n) is 2.49. The van der Waals surface area contributed by atoms with E-state index in [2.05, 4.69) is 10.4 Å². The molecule has 0 fully saturated rings. The van der Waals surface area contributed by atoms with Gasteiger partial charge in [-0.1, -0.05) is 13.8 Å². The van der Waals surface area contributed by atoms with Gasteiger partial charge in [0.25, 0.3) is 0 Å². The van der Waals surface area contributed by atoms with E-state index in [1.165, 1.54) is 0 Å². The Labute approximate surface area is 101 Å². The number of aryl methyl sites for hydroxylation is 1. The van der Waals surface area contributed by atoms with E-state index in [9.17, 15) is 4.79 Å². The Morgan fingerprint density at radius 2 is 2.29 bits per heavy atom. The number of aliphatic hydroxyl groups is 1. The van der Waals surface area contributed by atoms with E-state index in [1.54, 1.807) is 10.7 Å². The number of nitrogens with zero attached hydrogens (tertiary/aromatic N) is 2. The molecule has 1 unspecified atom stereocenters. The summed E-state index contributed by atoms with van der Waals surface area (Å²) in [5.41, 5.74) is 6.53. The average Bonchev–Trinajstić information content (AvgIpc) is 2.58. The van der Waals surface area contributed by atoms with E-state index in [0.717, 1.165) is 5.69 Å². The van der Waals surface area contributed by atoms with Crippen LogP contribution >= 0.6 is 0 Å². The molecule has 1 aromatic rings. The molecule has 0 aliphatic heterocycles. The van der Waals surface area contributed by atoms with E-state index in [4.69, 9.17) is 10.8 Å². The molecule has 1 rings (SSSR count). The average molecular weight is 240 g/mol. The number of aromatic nitrogens is 2. The number of carbonyl (C=O) groups excluding carboxylic acids is 1. The minimum Gasteiger partial charge on any atom is -0.394 e. The summed E-state index contributed by atoms with van der Waals surface area (Å²) in [6.07, 6.45) is 0. The van der Waals surface area contributed by atoms with Crippen LogP contribution in [0.4, 0.5) is 5.82 Å². The summed E-state index contributed by atoms with van der Waals surface area (Å²) in [4.78, 5) is 11.8. The minimum absolute atomic E-state index is 0.0276. The van der Waals surface area contributed by atoms with Gasteiger partial charge in [-0.15, -0.1) is 0 Å². The van der Waals surface area contributed by atoms with Gasteiger partial charge in [0.1, 0.15) is 5.82 Å². The molecule has 1 heterocycles. The first-order valence-corrected chi connectivity index (χ1v) is 5.67. The van der Waals surface area contributed by atoms with Crippen molar-refractivity contribution in [2.75, 3.05) is 11.9 Å². The van der Waals surface area contributed by atoms with Crippen LogP contribution in [0.2, 0.25) is 0 Å². The molecule has 0 radical (unpaired) electrons. The van der Waals surface area contributed by atoms with Crippen LogP contribution in [0.15, 0.2) is 6.07 Å². The second-order valence-electron chi connectivity index (χ2n) is 4.38. The third kappa shape index (κ3) is 3.54. The van der Waals surface area contributed by atoms with Crippen molar-refractivity contribution >= 4 is 11.7 Å². The van der Waals surface area contributed by atoms with Crippen molar-refractivity contribution < 1.29 is 9.90 Å². The maximum absolute atomic E-state index is 11.8. The lowest BCUT2D eigenvalue weighted by atomic mass is 10.1. The standard InChI is InChI=1S/C11H20N4O2/c1-7(2)10(12)11(17)13-9-6-8(3)14-15(9)4-5-16/h6-7,10,16H,4-5,12H2,1-3H3,(H,13,17). The van der Waals surface area contributed by atoms with Crippen LogP contribution < -0.4 is 11.1 Å². The van der Waals surface area contributed by atoms with Gasteiger partial charge in [0.15, 0.2) is 0 Å². The van der Waals surface area contributed by atoms with E-state index in [0.29, 0.717) is 12.4 Å². The number of amides is 1. The predicted octanol–water partition coefficient (Wildman–Crippen LogP) is 0.106. The Morgan fingerprint density at radius 1 is 1.65 bits per heavy atom. The highest BCUT2D eigenvalue weighted by Crippen LogP contribution is 2.11. The van der Waals surface area contributed by atoms with E-state index in [-0.39, 0.29) is 18.4 Å². The van der Waals surface area contributed by atoms with E-state index < -0.39 is 6.04 Å². The lowest BCUT2D eigenvalue weighted by Gasteiger charge is -2.15. The first-order valence-electron chi connectivity index (χ1n) is 5.67. The topological polar surface area (TPSA) is 93.2 Å². The summed E-state index contributed by atoms with van der Waals surface area (Å²) >= 11 is 0. The van der Waals surface area contributed by atoms with Crippen LogP contribution in [0.5, 0.6) is 0 Å². The Balaban J connectivity index is 2.77. The monoisotopic (exact) mass is 240 g/mol. The minimum atomic E-state index is -0.548. The number of hydrogen-bond donors (Lipinski definition) is 3. The van der Waals surface area contributed by atoms with Gasteiger partial charge in [-0.3, -0.25) is 4.79 Å². The molecule has 6 heteroatoms. The Bertz CT molecular complexity index is 387. The second-order valence-corrected chi connectivity index (χ2v) is 4.38. The molecule has 1 atom stereocenters. The van der Waals surface area contributed by atoms with Crippen LogP contribution in [0, 0.1) is 12.8 Å². The van der Waals surface area contributed by atoms with Crippen molar-refractivity contribution in [1.82, 2.24) is 9.78 Å². The molecule has 6 nitrogen and oxygen atoms in total. The summed E-state index contributed by atoms with van der Waals surface area (Å²) in [6.45, 7) is 5.92. The molecular weight excluding hydrogens is 220 g/mol. The third-order valence-corrected chi connectivity index (χ3v) is 2.49. The first kappa shape index (κ1) is 13.7. The summed E-state index contributed by atoms with van der Waals surface area (Å²) < 4.78 is 1.56. The molecule has 1 amide bonds. The highest BCUT2D eigenvalue weighted by molar-refractivity contribution is 5.94. The molecule has 0 spiro atoms. The van der Waals surface area contributed by atoms with Crippen molar-refractivity contribution in [2.45, 2.75) is 33.4 Å². The van der Waals surface area contributed by atoms with Gasteiger partial charge in [-0.25, -0.2) is 4.68 Å². The van der Waals surface area contributed by atoms with Gasteiger partial charge in [0.05, 0.1) is 24.9 Å². The largest absolute Gasteiger partial charge is 0.394 e. The van der Waals surface area contributed by atoms with Gasteiger partial charge in [-0.2, -0.15) is 5.10 Å². The summed E-state index contributed by atoms with van der Waals surface area (Å²) in [5.74, 6) is 0.405. The molecule has 17 heavy (non-hydrogen) atoms. The maximum atomic E-state index is 11.8. The number of nitrogens with one attached hydrogen (secondary N) is 1. The molecule has 0 saturated heterocycles. The number of rotatable bonds is 5. The number of anilines is 1. The van der Waals surface area contributed by atoms with Crippen LogP contribution in [0.1, 0.15) is 19.5 Å².